The van der Waals surface area contributed by atoms with Crippen LogP contribution < -0.4 is 4.74 Å². The number of benzene rings is 2. The summed E-state index contributed by atoms with van der Waals surface area (Å²) >= 11 is 0. The number of rotatable bonds is 3. The molecule has 0 fully saturated rings. The third-order valence-corrected chi connectivity index (χ3v) is 3.22. The first-order valence-corrected chi connectivity index (χ1v) is 6.36. The topological polar surface area (TPSA) is 37.9 Å². The number of hydrogen-bond acceptors (Lipinski definition) is 2. The zero-order valence-corrected chi connectivity index (χ0v) is 11.1. The first-order valence-electron chi connectivity index (χ1n) is 6.36. The summed E-state index contributed by atoms with van der Waals surface area (Å²) in [5.41, 5.74) is 4.39. The predicted molar refractivity (Wildman–Crippen MR) is 76.3 cm³/mol. The number of aromatic nitrogens is 2. The van der Waals surface area contributed by atoms with E-state index in [9.17, 15) is 0 Å². The van der Waals surface area contributed by atoms with Crippen molar-refractivity contribution >= 4 is 11.0 Å². The highest BCUT2D eigenvalue weighted by atomic mass is 16.5. The number of hydrogen-bond donors (Lipinski definition) is 1. The quantitative estimate of drug-likeness (QED) is 0.770. The molecule has 3 nitrogen and oxygen atoms in total. The van der Waals surface area contributed by atoms with Gasteiger partial charge in [0.1, 0.15) is 18.2 Å². The molecule has 0 saturated heterocycles. The van der Waals surface area contributed by atoms with Crippen LogP contribution in [0.1, 0.15) is 17.0 Å². The maximum atomic E-state index is 5.80. The van der Waals surface area contributed by atoms with Gasteiger partial charge in [0, 0.05) is 0 Å². The van der Waals surface area contributed by atoms with E-state index in [4.69, 9.17) is 4.74 Å². The minimum Gasteiger partial charge on any atom is -0.485 e. The van der Waals surface area contributed by atoms with E-state index in [2.05, 4.69) is 23.0 Å². The van der Waals surface area contributed by atoms with Crippen molar-refractivity contribution in [2.24, 2.45) is 0 Å². The highest BCUT2D eigenvalue weighted by Crippen LogP contribution is 2.19. The lowest BCUT2D eigenvalue weighted by atomic mass is 10.2. The molecule has 96 valence electrons. The Bertz CT molecular complexity index is 716. The van der Waals surface area contributed by atoms with Crippen LogP contribution in [0.15, 0.2) is 42.5 Å². The number of nitrogens with one attached hydrogen (secondary N) is 1. The molecule has 1 N–H and O–H groups in total. The Kier molecular flexibility index (Phi) is 2.95. The second-order valence-electron chi connectivity index (χ2n) is 4.71. The number of ether oxygens (including phenoxy) is 1. The summed E-state index contributed by atoms with van der Waals surface area (Å²) in [5.74, 6) is 1.76. The molecule has 0 radical (unpaired) electrons. The van der Waals surface area contributed by atoms with Gasteiger partial charge in [0.2, 0.25) is 0 Å². The van der Waals surface area contributed by atoms with Gasteiger partial charge in [0.15, 0.2) is 0 Å². The van der Waals surface area contributed by atoms with Gasteiger partial charge in [0.25, 0.3) is 0 Å². The highest BCUT2D eigenvalue weighted by molar-refractivity contribution is 5.78. The third kappa shape index (κ3) is 2.32. The summed E-state index contributed by atoms with van der Waals surface area (Å²) in [6.07, 6.45) is 0. The van der Waals surface area contributed by atoms with Gasteiger partial charge in [-0.1, -0.05) is 30.3 Å². The Morgan fingerprint density at radius 1 is 1.00 bits per heavy atom. The van der Waals surface area contributed by atoms with Crippen molar-refractivity contribution in [2.75, 3.05) is 0 Å². The van der Waals surface area contributed by atoms with Crippen LogP contribution in [0.4, 0.5) is 0 Å². The molecule has 0 aliphatic heterocycles. The lowest BCUT2D eigenvalue weighted by Gasteiger charge is -2.06. The van der Waals surface area contributed by atoms with Gasteiger partial charge in [-0.3, -0.25) is 0 Å². The molecule has 3 aromatic rings. The minimum atomic E-state index is 0.457. The number of para-hydroxylation sites is 2. The molecule has 2 aromatic carbocycles. The molecule has 0 aliphatic carbocycles. The summed E-state index contributed by atoms with van der Waals surface area (Å²) in [4.78, 5) is 7.87. The van der Waals surface area contributed by atoms with Crippen LogP contribution in [-0.2, 0) is 6.61 Å². The van der Waals surface area contributed by atoms with Crippen LogP contribution in [0.5, 0.6) is 5.75 Å². The van der Waals surface area contributed by atoms with E-state index in [1.54, 1.807) is 0 Å². The van der Waals surface area contributed by atoms with E-state index in [0.29, 0.717) is 6.61 Å². The van der Waals surface area contributed by atoms with Crippen molar-refractivity contribution < 1.29 is 4.74 Å². The second-order valence-corrected chi connectivity index (χ2v) is 4.71. The molecule has 19 heavy (non-hydrogen) atoms. The average Bonchev–Trinajstić information content (AvgIpc) is 2.82. The minimum absolute atomic E-state index is 0.457. The summed E-state index contributed by atoms with van der Waals surface area (Å²) in [6.45, 7) is 4.56. The van der Waals surface area contributed by atoms with Crippen LogP contribution >= 0.6 is 0 Å². The van der Waals surface area contributed by atoms with Gasteiger partial charge >= 0.3 is 0 Å². The predicted octanol–water partition coefficient (Wildman–Crippen LogP) is 3.76. The lowest BCUT2D eigenvalue weighted by molar-refractivity contribution is 0.295. The van der Waals surface area contributed by atoms with Crippen LogP contribution in [0.25, 0.3) is 11.0 Å². The smallest absolute Gasteiger partial charge is 0.146 e. The number of nitrogens with zero attached hydrogens (tertiary/aromatic N) is 1. The molecule has 0 spiro atoms. The second kappa shape index (κ2) is 4.76. The third-order valence-electron chi connectivity index (χ3n) is 3.22. The molecule has 3 rings (SSSR count). The fourth-order valence-electron chi connectivity index (χ4n) is 2.16. The van der Waals surface area contributed by atoms with Crippen molar-refractivity contribution in [3.05, 3.63) is 59.4 Å². The summed E-state index contributed by atoms with van der Waals surface area (Å²) < 4.78 is 5.80. The summed E-state index contributed by atoms with van der Waals surface area (Å²) in [6, 6.07) is 14.1. The van der Waals surface area contributed by atoms with Crippen LogP contribution in [-0.4, -0.2) is 9.97 Å². The van der Waals surface area contributed by atoms with Crippen molar-refractivity contribution in [2.45, 2.75) is 20.5 Å². The summed E-state index contributed by atoms with van der Waals surface area (Å²) in [5, 5.41) is 0. The highest BCUT2D eigenvalue weighted by Gasteiger charge is 2.06. The van der Waals surface area contributed by atoms with Gasteiger partial charge in [-0.05, 0) is 37.1 Å². The number of aryl methyl sites for hydroxylation is 2. The van der Waals surface area contributed by atoms with Crippen molar-refractivity contribution in [3.8, 4) is 5.75 Å². The average molecular weight is 252 g/mol. The molecule has 1 heterocycles. The van der Waals surface area contributed by atoms with E-state index < -0.39 is 0 Å². The van der Waals surface area contributed by atoms with Crippen molar-refractivity contribution in [3.63, 3.8) is 0 Å². The first kappa shape index (κ1) is 11.8. The standard InChI is InChI=1S/C16H16N2O/c1-11-6-3-4-9-14(11)19-10-15-17-13-8-5-7-12(2)16(13)18-15/h3-9H,10H2,1-2H3,(H,17,18). The Labute approximate surface area is 112 Å². The Morgan fingerprint density at radius 3 is 2.58 bits per heavy atom. The molecule has 0 aliphatic rings. The fourth-order valence-corrected chi connectivity index (χ4v) is 2.16. The molecule has 1 aromatic heterocycles. The van der Waals surface area contributed by atoms with Crippen molar-refractivity contribution in [1.82, 2.24) is 9.97 Å². The number of H-pyrrole nitrogens is 1. The fraction of sp³-hybridized carbons (Fsp3) is 0.188. The lowest BCUT2D eigenvalue weighted by Crippen LogP contribution is -1.98. The van der Waals surface area contributed by atoms with E-state index in [0.717, 1.165) is 28.2 Å². The Hall–Kier alpha value is -2.29. The van der Waals surface area contributed by atoms with Gasteiger partial charge in [-0.2, -0.15) is 0 Å². The molecular formula is C16H16N2O. The zero-order chi connectivity index (χ0) is 13.2. The van der Waals surface area contributed by atoms with Crippen LogP contribution in [0.2, 0.25) is 0 Å². The zero-order valence-electron chi connectivity index (χ0n) is 11.1. The SMILES string of the molecule is Cc1ccccc1OCc1nc2c(C)cccc2[nH]1. The van der Waals surface area contributed by atoms with E-state index >= 15 is 0 Å². The molecule has 0 unspecified atom stereocenters. The molecule has 0 bridgehead atoms. The van der Waals surface area contributed by atoms with Gasteiger partial charge < -0.3 is 9.72 Å². The van der Waals surface area contributed by atoms with Crippen molar-refractivity contribution in [1.29, 1.82) is 0 Å². The monoisotopic (exact) mass is 252 g/mol. The van der Waals surface area contributed by atoms with Gasteiger partial charge in [-0.25, -0.2) is 4.98 Å². The maximum Gasteiger partial charge on any atom is 0.146 e. The molecule has 0 saturated carbocycles. The number of imidazole rings is 1. The Balaban J connectivity index is 1.83. The molecule has 3 heteroatoms. The summed E-state index contributed by atoms with van der Waals surface area (Å²) in [7, 11) is 0. The molecule has 0 atom stereocenters. The number of fused-ring (bicyclic) bond motifs is 1. The van der Waals surface area contributed by atoms with E-state index in [1.165, 1.54) is 5.56 Å². The normalized spacial score (nSPS) is 10.8. The van der Waals surface area contributed by atoms with E-state index in [1.807, 2.05) is 43.3 Å². The maximum absolute atomic E-state index is 5.80. The number of aromatic amines is 1. The first-order chi connectivity index (χ1) is 9.24. The molecular weight excluding hydrogens is 236 g/mol. The van der Waals surface area contributed by atoms with E-state index in [-0.39, 0.29) is 0 Å². The van der Waals surface area contributed by atoms with Gasteiger partial charge in [0.05, 0.1) is 11.0 Å². The molecule has 0 amide bonds. The Morgan fingerprint density at radius 2 is 1.79 bits per heavy atom. The van der Waals surface area contributed by atoms with Gasteiger partial charge in [-0.15, -0.1) is 0 Å². The van der Waals surface area contributed by atoms with Crippen LogP contribution in [0, 0.1) is 13.8 Å². The largest absolute Gasteiger partial charge is 0.485 e. The van der Waals surface area contributed by atoms with Crippen LogP contribution in [0.3, 0.4) is 0 Å².